The minimum Gasteiger partial charge on any atom is -0.459 e. The van der Waals surface area contributed by atoms with Gasteiger partial charge in [-0.2, -0.15) is 4.31 Å². The average molecular weight is 419 g/mol. The quantitative estimate of drug-likeness (QED) is 0.432. The van der Waals surface area contributed by atoms with Gasteiger partial charge in [-0.05, 0) is 18.2 Å². The molecule has 0 N–H and O–H groups in total. The van der Waals surface area contributed by atoms with Gasteiger partial charge in [-0.25, -0.2) is 8.42 Å². The number of hydrogen-bond donors (Lipinski definition) is 0. The Balaban J connectivity index is 1.39. The molecular weight excluding hydrogens is 402 g/mol. The third kappa shape index (κ3) is 4.04. The molecule has 0 saturated carbocycles. The maximum absolute atomic E-state index is 12.8. The first-order valence-corrected chi connectivity index (χ1v) is 10.2. The molecule has 2 aromatic heterocycles. The Bertz CT molecular complexity index is 1100. The summed E-state index contributed by atoms with van der Waals surface area (Å²) in [7, 11) is -3.80. The number of aromatic nitrogens is 2. The van der Waals surface area contributed by atoms with Gasteiger partial charge >= 0.3 is 0 Å². The van der Waals surface area contributed by atoms with E-state index in [0.29, 0.717) is 31.3 Å². The van der Waals surface area contributed by atoms with Crippen molar-refractivity contribution in [2.24, 2.45) is 0 Å². The summed E-state index contributed by atoms with van der Waals surface area (Å²) in [6.07, 6.45) is 1.51. The molecule has 3 heterocycles. The SMILES string of the molecule is O=[N+]([O-])c1cccc(S(=O)(=O)N2CCN(Cc3nnc(-c4ccco4)o3)CC2)c1. The van der Waals surface area contributed by atoms with E-state index in [9.17, 15) is 18.5 Å². The Labute approximate surface area is 165 Å². The van der Waals surface area contributed by atoms with Crippen molar-refractivity contribution in [2.75, 3.05) is 26.2 Å². The van der Waals surface area contributed by atoms with Crippen LogP contribution in [0.4, 0.5) is 5.69 Å². The van der Waals surface area contributed by atoms with Crippen LogP contribution in [0.2, 0.25) is 0 Å². The van der Waals surface area contributed by atoms with Crippen molar-refractivity contribution >= 4 is 15.7 Å². The summed E-state index contributed by atoms with van der Waals surface area (Å²) in [4.78, 5) is 12.2. The third-order valence-electron chi connectivity index (χ3n) is 4.56. The predicted octanol–water partition coefficient (Wildman–Crippen LogP) is 1.74. The molecule has 0 unspecified atom stereocenters. The Morgan fingerprint density at radius 1 is 1.10 bits per heavy atom. The summed E-state index contributed by atoms with van der Waals surface area (Å²) < 4.78 is 37.7. The lowest BCUT2D eigenvalue weighted by molar-refractivity contribution is -0.385. The first-order chi connectivity index (χ1) is 13.9. The minimum atomic E-state index is -3.80. The predicted molar refractivity (Wildman–Crippen MR) is 99.1 cm³/mol. The average Bonchev–Trinajstić information content (AvgIpc) is 3.40. The Hall–Kier alpha value is -3.09. The van der Waals surface area contributed by atoms with Crippen molar-refractivity contribution in [3.8, 4) is 11.7 Å². The van der Waals surface area contributed by atoms with Crippen LogP contribution in [-0.2, 0) is 16.6 Å². The number of furan rings is 1. The first kappa shape index (κ1) is 19.2. The molecule has 1 fully saturated rings. The van der Waals surface area contributed by atoms with Crippen molar-refractivity contribution in [1.82, 2.24) is 19.4 Å². The zero-order valence-electron chi connectivity index (χ0n) is 15.2. The van der Waals surface area contributed by atoms with Crippen LogP contribution in [0.25, 0.3) is 11.7 Å². The fraction of sp³-hybridized carbons (Fsp3) is 0.294. The monoisotopic (exact) mass is 419 g/mol. The smallest absolute Gasteiger partial charge is 0.283 e. The number of piperazine rings is 1. The molecule has 0 bridgehead atoms. The zero-order valence-corrected chi connectivity index (χ0v) is 16.0. The molecule has 0 atom stereocenters. The van der Waals surface area contributed by atoms with Crippen LogP contribution in [0, 0.1) is 10.1 Å². The van der Waals surface area contributed by atoms with Gasteiger partial charge in [0.25, 0.3) is 11.6 Å². The van der Waals surface area contributed by atoms with Crippen LogP contribution in [0.15, 0.2) is 56.4 Å². The summed E-state index contributed by atoms with van der Waals surface area (Å²) in [6.45, 7) is 1.83. The molecule has 152 valence electrons. The number of sulfonamides is 1. The largest absolute Gasteiger partial charge is 0.459 e. The number of hydrogen-bond acceptors (Lipinski definition) is 9. The summed E-state index contributed by atoms with van der Waals surface area (Å²) in [5.74, 6) is 1.18. The highest BCUT2D eigenvalue weighted by atomic mass is 32.2. The van der Waals surface area contributed by atoms with Crippen LogP contribution in [0.5, 0.6) is 0 Å². The lowest BCUT2D eigenvalue weighted by atomic mass is 10.3. The van der Waals surface area contributed by atoms with Crippen LogP contribution in [-0.4, -0.2) is 58.9 Å². The van der Waals surface area contributed by atoms with Gasteiger partial charge in [0.2, 0.25) is 15.9 Å². The van der Waals surface area contributed by atoms with E-state index in [1.165, 1.54) is 28.8 Å². The van der Waals surface area contributed by atoms with E-state index in [1.807, 2.05) is 4.90 Å². The molecular formula is C17H17N5O6S. The molecule has 12 heteroatoms. The normalized spacial score (nSPS) is 16.1. The minimum absolute atomic E-state index is 0.0832. The highest BCUT2D eigenvalue weighted by Crippen LogP contribution is 2.23. The molecule has 0 spiro atoms. The van der Waals surface area contributed by atoms with E-state index in [0.717, 1.165) is 6.07 Å². The van der Waals surface area contributed by atoms with E-state index < -0.39 is 14.9 Å². The van der Waals surface area contributed by atoms with Gasteiger partial charge in [0, 0.05) is 38.3 Å². The van der Waals surface area contributed by atoms with Crippen LogP contribution in [0.1, 0.15) is 5.89 Å². The van der Waals surface area contributed by atoms with Gasteiger partial charge in [-0.3, -0.25) is 15.0 Å². The van der Waals surface area contributed by atoms with Crippen LogP contribution >= 0.6 is 0 Å². The van der Waals surface area contributed by atoms with E-state index in [-0.39, 0.29) is 29.6 Å². The molecule has 1 saturated heterocycles. The highest BCUT2D eigenvalue weighted by molar-refractivity contribution is 7.89. The molecule has 0 aliphatic carbocycles. The molecule has 0 amide bonds. The van der Waals surface area contributed by atoms with Crippen molar-refractivity contribution in [3.05, 3.63) is 58.7 Å². The number of non-ortho nitro benzene ring substituents is 1. The molecule has 4 rings (SSSR count). The molecule has 1 aliphatic rings. The molecule has 0 radical (unpaired) electrons. The topological polar surface area (TPSA) is 136 Å². The second-order valence-electron chi connectivity index (χ2n) is 6.41. The fourth-order valence-electron chi connectivity index (χ4n) is 3.04. The number of nitro groups is 1. The van der Waals surface area contributed by atoms with Gasteiger partial charge in [0.1, 0.15) is 0 Å². The molecule has 11 nitrogen and oxygen atoms in total. The number of nitrogens with zero attached hydrogens (tertiary/aromatic N) is 5. The van der Waals surface area contributed by atoms with E-state index >= 15 is 0 Å². The van der Waals surface area contributed by atoms with Gasteiger partial charge in [-0.15, -0.1) is 10.2 Å². The molecule has 1 aliphatic heterocycles. The number of benzene rings is 1. The van der Waals surface area contributed by atoms with Gasteiger partial charge < -0.3 is 8.83 Å². The highest BCUT2D eigenvalue weighted by Gasteiger charge is 2.30. The lowest BCUT2D eigenvalue weighted by Crippen LogP contribution is -2.48. The van der Waals surface area contributed by atoms with Gasteiger partial charge in [-0.1, -0.05) is 6.07 Å². The van der Waals surface area contributed by atoms with Crippen molar-refractivity contribution in [3.63, 3.8) is 0 Å². The second kappa shape index (κ2) is 7.73. The zero-order chi connectivity index (χ0) is 20.4. The Morgan fingerprint density at radius 2 is 1.90 bits per heavy atom. The van der Waals surface area contributed by atoms with Crippen molar-refractivity contribution < 1.29 is 22.2 Å². The lowest BCUT2D eigenvalue weighted by Gasteiger charge is -2.33. The number of nitro benzene ring substituents is 1. The summed E-state index contributed by atoms with van der Waals surface area (Å²) in [6, 6.07) is 8.51. The van der Waals surface area contributed by atoms with E-state index in [2.05, 4.69) is 10.2 Å². The first-order valence-electron chi connectivity index (χ1n) is 8.77. The summed E-state index contributed by atoms with van der Waals surface area (Å²) >= 11 is 0. The summed E-state index contributed by atoms with van der Waals surface area (Å²) in [5.41, 5.74) is -0.256. The second-order valence-corrected chi connectivity index (χ2v) is 8.35. The maximum Gasteiger partial charge on any atom is 0.283 e. The fourth-order valence-corrected chi connectivity index (χ4v) is 4.51. The van der Waals surface area contributed by atoms with Crippen LogP contribution < -0.4 is 0 Å². The van der Waals surface area contributed by atoms with Crippen molar-refractivity contribution in [1.29, 1.82) is 0 Å². The standard InChI is InChI=1S/C17H17N5O6S/c23-22(24)13-3-1-4-14(11-13)29(25,26)21-8-6-20(7-9-21)12-16-18-19-17(28-16)15-5-2-10-27-15/h1-5,10-11H,6-9,12H2. The summed E-state index contributed by atoms with van der Waals surface area (Å²) in [5, 5.41) is 18.9. The molecule has 1 aromatic carbocycles. The van der Waals surface area contributed by atoms with Gasteiger partial charge in [0.05, 0.1) is 22.6 Å². The third-order valence-corrected chi connectivity index (χ3v) is 6.45. The molecule has 29 heavy (non-hydrogen) atoms. The van der Waals surface area contributed by atoms with Crippen molar-refractivity contribution in [2.45, 2.75) is 11.4 Å². The van der Waals surface area contributed by atoms with Crippen LogP contribution in [0.3, 0.4) is 0 Å². The van der Waals surface area contributed by atoms with Gasteiger partial charge in [0.15, 0.2) is 5.76 Å². The van der Waals surface area contributed by atoms with E-state index in [1.54, 1.807) is 12.1 Å². The Kier molecular flexibility index (Phi) is 5.13. The molecule has 3 aromatic rings. The maximum atomic E-state index is 12.8. The number of rotatable bonds is 6. The Morgan fingerprint density at radius 3 is 2.59 bits per heavy atom. The van der Waals surface area contributed by atoms with E-state index in [4.69, 9.17) is 8.83 Å².